The Labute approximate surface area is 162 Å². The van der Waals surface area contributed by atoms with E-state index in [-0.39, 0.29) is 17.9 Å². The van der Waals surface area contributed by atoms with E-state index in [0.29, 0.717) is 17.4 Å². The molecular weight excluding hydrogens is 362 g/mol. The van der Waals surface area contributed by atoms with Gasteiger partial charge in [-0.3, -0.25) is 14.9 Å². The van der Waals surface area contributed by atoms with Crippen LogP contribution < -0.4 is 10.6 Å². The van der Waals surface area contributed by atoms with Gasteiger partial charge in [-0.25, -0.2) is 4.98 Å². The molecule has 1 aromatic carbocycles. The molecule has 3 saturated heterocycles. The van der Waals surface area contributed by atoms with Crippen LogP contribution in [-0.4, -0.2) is 52.4 Å². The minimum atomic E-state index is -0.167. The first-order valence-electron chi connectivity index (χ1n) is 9.20. The lowest BCUT2D eigenvalue weighted by Gasteiger charge is -2.44. The van der Waals surface area contributed by atoms with E-state index < -0.39 is 0 Å². The van der Waals surface area contributed by atoms with Crippen LogP contribution in [0.5, 0.6) is 0 Å². The zero-order valence-electron chi connectivity index (χ0n) is 15.2. The standard InChI is InChI=1S/C19H23N5O2S/c1-12(25)21-19-20-10-17(23-19)27-15-4-2-14(3-5-15)18(26)22-16-11-24-8-6-13(16)7-9-24/h2-5,10,13,16H,6-9,11H2,1H3,(H,22,26)(H2,20,21,23,25)/t16-/m0/s1. The van der Waals surface area contributed by atoms with Crippen molar-refractivity contribution in [1.29, 1.82) is 0 Å². The van der Waals surface area contributed by atoms with Gasteiger partial charge in [0.25, 0.3) is 5.91 Å². The molecule has 8 heteroatoms. The Bertz CT molecular complexity index is 827. The molecule has 142 valence electrons. The highest BCUT2D eigenvalue weighted by atomic mass is 32.2. The van der Waals surface area contributed by atoms with Gasteiger partial charge in [0, 0.05) is 30.0 Å². The van der Waals surface area contributed by atoms with Crippen LogP contribution >= 0.6 is 11.8 Å². The smallest absolute Gasteiger partial charge is 0.251 e. The van der Waals surface area contributed by atoms with Crippen molar-refractivity contribution in [2.75, 3.05) is 25.0 Å². The lowest BCUT2D eigenvalue weighted by molar-refractivity contribution is -0.114. The van der Waals surface area contributed by atoms with Gasteiger partial charge in [0.2, 0.25) is 11.9 Å². The first kappa shape index (κ1) is 18.1. The zero-order valence-corrected chi connectivity index (χ0v) is 16.0. The van der Waals surface area contributed by atoms with E-state index in [2.05, 4.69) is 25.5 Å². The highest BCUT2D eigenvalue weighted by molar-refractivity contribution is 7.99. The molecule has 5 rings (SSSR count). The van der Waals surface area contributed by atoms with Gasteiger partial charge in [-0.2, -0.15) is 0 Å². The number of anilines is 1. The van der Waals surface area contributed by atoms with Gasteiger partial charge in [0.1, 0.15) is 0 Å². The summed E-state index contributed by atoms with van der Waals surface area (Å²) in [5.74, 6) is 0.879. The molecule has 3 fully saturated rings. The predicted octanol–water partition coefficient (Wildman–Crippen LogP) is 2.34. The van der Waals surface area contributed by atoms with Crippen molar-refractivity contribution in [1.82, 2.24) is 20.2 Å². The third kappa shape index (κ3) is 4.33. The van der Waals surface area contributed by atoms with Crippen molar-refractivity contribution >= 4 is 29.5 Å². The molecule has 0 saturated carbocycles. The monoisotopic (exact) mass is 385 g/mol. The van der Waals surface area contributed by atoms with E-state index in [4.69, 9.17) is 0 Å². The van der Waals surface area contributed by atoms with Crippen LogP contribution in [-0.2, 0) is 4.79 Å². The Morgan fingerprint density at radius 3 is 2.59 bits per heavy atom. The number of benzene rings is 1. The maximum Gasteiger partial charge on any atom is 0.251 e. The summed E-state index contributed by atoms with van der Waals surface area (Å²) in [5.41, 5.74) is 0.680. The van der Waals surface area contributed by atoms with Crippen molar-refractivity contribution < 1.29 is 9.59 Å². The molecular formula is C19H23N5O2S. The van der Waals surface area contributed by atoms with Crippen molar-refractivity contribution in [2.45, 2.75) is 35.7 Å². The van der Waals surface area contributed by atoms with Crippen LogP contribution in [0, 0.1) is 5.92 Å². The quantitative estimate of drug-likeness (QED) is 0.735. The molecule has 3 aliphatic rings. The molecule has 2 aromatic rings. The second-order valence-electron chi connectivity index (χ2n) is 7.12. The fraction of sp³-hybridized carbons (Fsp3) is 0.421. The molecule has 1 atom stereocenters. The number of carbonyl (C=O) groups excluding carboxylic acids is 2. The van der Waals surface area contributed by atoms with Crippen molar-refractivity contribution in [3.63, 3.8) is 0 Å². The SMILES string of the molecule is CC(=O)Nc1ncc(Sc2ccc(C(=O)N[C@H]3CN4CCC3CC4)cc2)[nH]1. The first-order chi connectivity index (χ1) is 13.1. The van der Waals surface area contributed by atoms with Gasteiger partial charge in [-0.1, -0.05) is 11.8 Å². The van der Waals surface area contributed by atoms with Crippen molar-refractivity contribution in [3.05, 3.63) is 36.0 Å². The number of hydrogen-bond acceptors (Lipinski definition) is 5. The summed E-state index contributed by atoms with van der Waals surface area (Å²) in [5, 5.41) is 6.65. The Morgan fingerprint density at radius 1 is 1.22 bits per heavy atom. The number of imidazole rings is 1. The maximum atomic E-state index is 12.6. The maximum absolute atomic E-state index is 12.6. The van der Waals surface area contributed by atoms with Gasteiger partial charge >= 0.3 is 0 Å². The fourth-order valence-electron chi connectivity index (χ4n) is 3.77. The molecule has 3 aliphatic heterocycles. The summed E-state index contributed by atoms with van der Waals surface area (Å²) in [7, 11) is 0. The van der Waals surface area contributed by atoms with Gasteiger partial charge in [-0.05, 0) is 56.1 Å². The van der Waals surface area contributed by atoms with E-state index in [1.54, 1.807) is 6.20 Å². The molecule has 2 bridgehead atoms. The average Bonchev–Trinajstić information content (AvgIpc) is 3.09. The molecule has 0 spiro atoms. The molecule has 1 aromatic heterocycles. The summed E-state index contributed by atoms with van der Waals surface area (Å²) >= 11 is 1.49. The number of nitrogens with zero attached hydrogens (tertiary/aromatic N) is 2. The molecule has 3 N–H and O–H groups in total. The van der Waals surface area contributed by atoms with E-state index in [1.807, 2.05) is 24.3 Å². The number of piperidine rings is 3. The van der Waals surface area contributed by atoms with Crippen LogP contribution in [0.4, 0.5) is 5.95 Å². The van der Waals surface area contributed by atoms with Crippen LogP contribution in [0.15, 0.2) is 40.4 Å². The molecule has 0 unspecified atom stereocenters. The number of rotatable bonds is 5. The summed E-state index contributed by atoms with van der Waals surface area (Å²) in [6.45, 7) is 4.75. The third-order valence-corrected chi connectivity index (χ3v) is 6.10. The molecule has 7 nitrogen and oxygen atoms in total. The molecule has 4 heterocycles. The Kier molecular flexibility index (Phi) is 5.18. The third-order valence-electron chi connectivity index (χ3n) is 5.16. The second kappa shape index (κ2) is 7.74. The van der Waals surface area contributed by atoms with Crippen LogP contribution in [0.3, 0.4) is 0 Å². The van der Waals surface area contributed by atoms with Crippen LogP contribution in [0.1, 0.15) is 30.1 Å². The molecule has 0 radical (unpaired) electrons. The number of nitrogens with one attached hydrogen (secondary N) is 3. The Morgan fingerprint density at radius 2 is 1.96 bits per heavy atom. The number of amides is 2. The van der Waals surface area contributed by atoms with Crippen LogP contribution in [0.25, 0.3) is 0 Å². The highest BCUT2D eigenvalue weighted by Gasteiger charge is 2.34. The largest absolute Gasteiger partial charge is 0.348 e. The van der Waals surface area contributed by atoms with E-state index in [9.17, 15) is 9.59 Å². The highest BCUT2D eigenvalue weighted by Crippen LogP contribution is 2.29. The Hall–Kier alpha value is -2.32. The number of carbonyl (C=O) groups is 2. The van der Waals surface area contributed by atoms with Gasteiger partial charge < -0.3 is 15.2 Å². The van der Waals surface area contributed by atoms with E-state index in [0.717, 1.165) is 16.5 Å². The molecule has 0 aliphatic carbocycles. The summed E-state index contributed by atoms with van der Waals surface area (Å²) < 4.78 is 0. The van der Waals surface area contributed by atoms with E-state index >= 15 is 0 Å². The average molecular weight is 385 g/mol. The van der Waals surface area contributed by atoms with Crippen LogP contribution in [0.2, 0.25) is 0 Å². The van der Waals surface area contributed by atoms with Gasteiger partial charge in [0.05, 0.1) is 11.2 Å². The predicted molar refractivity (Wildman–Crippen MR) is 104 cm³/mol. The van der Waals surface area contributed by atoms with Gasteiger partial charge in [0.15, 0.2) is 0 Å². The summed E-state index contributed by atoms with van der Waals surface area (Å²) in [4.78, 5) is 34.2. The first-order valence-corrected chi connectivity index (χ1v) is 10.0. The fourth-order valence-corrected chi connectivity index (χ4v) is 4.55. The number of aromatic nitrogens is 2. The van der Waals surface area contributed by atoms with Crippen molar-refractivity contribution in [2.24, 2.45) is 5.92 Å². The number of H-pyrrole nitrogens is 1. The minimum Gasteiger partial charge on any atom is -0.348 e. The zero-order chi connectivity index (χ0) is 18.8. The summed E-state index contributed by atoms with van der Waals surface area (Å²) in [6.07, 6.45) is 4.04. The topological polar surface area (TPSA) is 90.1 Å². The van der Waals surface area contributed by atoms with Gasteiger partial charge in [-0.15, -0.1) is 0 Å². The normalized spacial score (nSPS) is 23.8. The number of hydrogen-bond donors (Lipinski definition) is 3. The van der Waals surface area contributed by atoms with Crippen molar-refractivity contribution in [3.8, 4) is 0 Å². The Balaban J connectivity index is 1.35. The lowest BCUT2D eigenvalue weighted by Crippen LogP contribution is -2.57. The number of aromatic amines is 1. The second-order valence-corrected chi connectivity index (χ2v) is 8.24. The number of fused-ring (bicyclic) bond motifs is 3. The lowest BCUT2D eigenvalue weighted by atomic mass is 9.84. The summed E-state index contributed by atoms with van der Waals surface area (Å²) in [6, 6.07) is 7.82. The minimum absolute atomic E-state index is 0.000199. The molecule has 27 heavy (non-hydrogen) atoms. The molecule has 2 amide bonds. The van der Waals surface area contributed by atoms with E-state index in [1.165, 1.54) is 44.6 Å².